The highest BCUT2D eigenvalue weighted by atomic mass is 19.1. The van der Waals surface area contributed by atoms with Crippen LogP contribution in [0.1, 0.15) is 5.56 Å². The molecule has 0 bridgehead atoms. The van der Waals surface area contributed by atoms with Gasteiger partial charge in [0.25, 0.3) is 0 Å². The summed E-state index contributed by atoms with van der Waals surface area (Å²) in [7, 11) is 0. The highest BCUT2D eigenvalue weighted by molar-refractivity contribution is 5.69. The fourth-order valence-electron chi connectivity index (χ4n) is 2.73. The minimum absolute atomic E-state index is 0.298. The van der Waals surface area contributed by atoms with E-state index in [2.05, 4.69) is 32.4 Å². The van der Waals surface area contributed by atoms with Crippen molar-refractivity contribution in [3.63, 3.8) is 0 Å². The van der Waals surface area contributed by atoms with Crippen molar-refractivity contribution in [3.05, 3.63) is 72.2 Å². The maximum absolute atomic E-state index is 13.0. The van der Waals surface area contributed by atoms with Gasteiger partial charge in [-0.1, -0.05) is 30.3 Å². The van der Waals surface area contributed by atoms with Gasteiger partial charge in [0, 0.05) is 18.3 Å². The number of nitrogens with one attached hydrogen (secondary N) is 1. The fourth-order valence-corrected chi connectivity index (χ4v) is 2.73. The predicted octanol–water partition coefficient (Wildman–Crippen LogP) is 3.30. The number of rotatable bonds is 5. The van der Waals surface area contributed by atoms with E-state index in [1.807, 2.05) is 24.4 Å². The summed E-state index contributed by atoms with van der Waals surface area (Å²) in [6, 6.07) is 16.2. The molecule has 0 spiro atoms. The smallest absolute Gasteiger partial charge is 0.181 e. The maximum atomic E-state index is 13.0. The van der Waals surface area contributed by atoms with Crippen molar-refractivity contribution in [2.75, 3.05) is 5.73 Å². The molecular formula is C19H17FN6. The minimum atomic E-state index is -0.298. The van der Waals surface area contributed by atoms with Crippen molar-refractivity contribution in [2.24, 2.45) is 0 Å². The maximum Gasteiger partial charge on any atom is 0.181 e. The van der Waals surface area contributed by atoms with Gasteiger partial charge in [-0.05, 0) is 36.2 Å². The molecule has 0 amide bonds. The van der Waals surface area contributed by atoms with Gasteiger partial charge in [0.2, 0.25) is 0 Å². The van der Waals surface area contributed by atoms with Crippen LogP contribution >= 0.6 is 0 Å². The molecule has 0 fully saturated rings. The minimum Gasteiger partial charge on any atom is -0.382 e. The summed E-state index contributed by atoms with van der Waals surface area (Å²) >= 11 is 0. The largest absolute Gasteiger partial charge is 0.382 e. The lowest BCUT2D eigenvalue weighted by Gasteiger charge is -2.01. The monoisotopic (exact) mass is 348 g/mol. The van der Waals surface area contributed by atoms with Crippen LogP contribution in [0.3, 0.4) is 0 Å². The molecule has 2 aromatic heterocycles. The van der Waals surface area contributed by atoms with E-state index in [1.54, 1.807) is 16.8 Å². The topological polar surface area (TPSA) is 85.4 Å². The zero-order valence-corrected chi connectivity index (χ0v) is 13.9. The second-order valence-electron chi connectivity index (χ2n) is 5.94. The van der Waals surface area contributed by atoms with E-state index in [-0.39, 0.29) is 5.82 Å². The van der Waals surface area contributed by atoms with Gasteiger partial charge >= 0.3 is 0 Å². The lowest BCUT2D eigenvalue weighted by molar-refractivity contribution is 0.617. The zero-order valence-electron chi connectivity index (χ0n) is 13.9. The molecule has 0 aliphatic heterocycles. The van der Waals surface area contributed by atoms with Crippen molar-refractivity contribution in [2.45, 2.75) is 13.0 Å². The number of aromatic nitrogens is 5. The Bertz CT molecular complexity index is 1000. The lowest BCUT2D eigenvalue weighted by Crippen LogP contribution is -2.02. The number of aromatic amines is 1. The number of benzene rings is 2. The number of nitrogens with zero attached hydrogens (tertiary/aromatic N) is 4. The van der Waals surface area contributed by atoms with E-state index < -0.39 is 0 Å². The summed E-state index contributed by atoms with van der Waals surface area (Å²) in [6.07, 6.45) is 2.71. The Morgan fingerprint density at radius 2 is 1.81 bits per heavy atom. The zero-order chi connectivity index (χ0) is 17.9. The highest BCUT2D eigenvalue weighted by Crippen LogP contribution is 2.24. The molecule has 0 saturated heterocycles. The molecule has 0 radical (unpaired) electrons. The van der Waals surface area contributed by atoms with E-state index in [9.17, 15) is 4.39 Å². The second kappa shape index (κ2) is 6.79. The number of hydrogen-bond acceptors (Lipinski definition) is 4. The molecule has 7 heteroatoms. The first kappa shape index (κ1) is 16.0. The summed E-state index contributed by atoms with van der Waals surface area (Å²) in [4.78, 5) is 4.45. The van der Waals surface area contributed by atoms with Crippen molar-refractivity contribution in [1.82, 2.24) is 25.0 Å². The molecule has 3 N–H and O–H groups in total. The molecule has 4 aromatic rings. The second-order valence-corrected chi connectivity index (χ2v) is 5.94. The van der Waals surface area contributed by atoms with Crippen LogP contribution < -0.4 is 5.73 Å². The number of hydrogen-bond donors (Lipinski definition) is 2. The van der Waals surface area contributed by atoms with Crippen LogP contribution in [0.4, 0.5) is 10.2 Å². The molecular weight excluding hydrogens is 331 g/mol. The van der Waals surface area contributed by atoms with Crippen LogP contribution in [0.25, 0.3) is 22.8 Å². The molecule has 6 nitrogen and oxygen atoms in total. The average Bonchev–Trinajstić information content (AvgIpc) is 3.28. The van der Waals surface area contributed by atoms with Crippen LogP contribution in [-0.2, 0) is 13.0 Å². The Morgan fingerprint density at radius 3 is 2.58 bits per heavy atom. The summed E-state index contributed by atoms with van der Waals surface area (Å²) in [5.74, 6) is 1.11. The highest BCUT2D eigenvalue weighted by Gasteiger charge is 2.14. The van der Waals surface area contributed by atoms with Crippen LogP contribution in [-0.4, -0.2) is 25.0 Å². The van der Waals surface area contributed by atoms with E-state index in [0.717, 1.165) is 12.0 Å². The Kier molecular flexibility index (Phi) is 4.18. The quantitative estimate of drug-likeness (QED) is 0.579. The van der Waals surface area contributed by atoms with Crippen molar-refractivity contribution in [1.29, 1.82) is 0 Å². The van der Waals surface area contributed by atoms with Gasteiger partial charge < -0.3 is 5.73 Å². The van der Waals surface area contributed by atoms with E-state index >= 15 is 0 Å². The number of halogens is 1. The van der Waals surface area contributed by atoms with Gasteiger partial charge in [-0.2, -0.15) is 10.2 Å². The number of nitrogens with two attached hydrogens (primary N) is 1. The first-order valence-electron chi connectivity index (χ1n) is 8.24. The molecule has 0 unspecified atom stereocenters. The fraction of sp³-hybridized carbons (Fsp3) is 0.105. The molecule has 26 heavy (non-hydrogen) atoms. The van der Waals surface area contributed by atoms with Crippen LogP contribution in [0, 0.1) is 5.82 Å². The molecule has 2 aromatic carbocycles. The van der Waals surface area contributed by atoms with Crippen molar-refractivity contribution in [3.8, 4) is 22.8 Å². The van der Waals surface area contributed by atoms with Gasteiger partial charge in [-0.25, -0.2) is 9.37 Å². The van der Waals surface area contributed by atoms with Gasteiger partial charge in [-0.15, -0.1) is 0 Å². The van der Waals surface area contributed by atoms with E-state index in [4.69, 9.17) is 5.73 Å². The first-order chi connectivity index (χ1) is 12.7. The molecule has 0 aliphatic rings. The third kappa shape index (κ3) is 3.32. The molecule has 0 saturated carbocycles. The normalized spacial score (nSPS) is 11.0. The van der Waals surface area contributed by atoms with Gasteiger partial charge in [-0.3, -0.25) is 9.78 Å². The summed E-state index contributed by atoms with van der Waals surface area (Å²) in [5, 5.41) is 11.4. The number of H-pyrrole nitrogens is 1. The van der Waals surface area contributed by atoms with Crippen LogP contribution in [0.2, 0.25) is 0 Å². The third-order valence-electron chi connectivity index (χ3n) is 4.11. The van der Waals surface area contributed by atoms with E-state index in [1.165, 1.54) is 17.7 Å². The molecule has 0 atom stereocenters. The SMILES string of the molecule is Nc1nn(CCc2ccccc2)cc1-c1nc(-c2ccc(F)cc2)n[nH]1. The van der Waals surface area contributed by atoms with Crippen LogP contribution in [0.15, 0.2) is 60.8 Å². The predicted molar refractivity (Wildman–Crippen MR) is 97.6 cm³/mol. The summed E-state index contributed by atoms with van der Waals surface area (Å²) in [6.45, 7) is 0.715. The molecule has 130 valence electrons. The average molecular weight is 348 g/mol. The molecule has 4 rings (SSSR count). The van der Waals surface area contributed by atoms with Gasteiger partial charge in [0.1, 0.15) is 5.82 Å². The van der Waals surface area contributed by atoms with E-state index in [0.29, 0.717) is 29.6 Å². The molecule has 2 heterocycles. The van der Waals surface area contributed by atoms with Gasteiger partial charge in [0.15, 0.2) is 17.5 Å². The Morgan fingerprint density at radius 1 is 1.04 bits per heavy atom. The first-order valence-corrected chi connectivity index (χ1v) is 8.24. The Labute approximate surface area is 149 Å². The summed E-state index contributed by atoms with van der Waals surface area (Å²) in [5.41, 5.74) is 8.70. The van der Waals surface area contributed by atoms with Crippen molar-refractivity contribution < 1.29 is 4.39 Å². The number of aryl methyl sites for hydroxylation is 2. The van der Waals surface area contributed by atoms with Crippen molar-refractivity contribution >= 4 is 5.82 Å². The van der Waals surface area contributed by atoms with Gasteiger partial charge in [0.05, 0.1) is 5.56 Å². The standard InChI is InChI=1S/C19H17FN6/c20-15-8-6-14(7-9-15)18-22-19(24-23-18)16-12-26(25-17(16)21)11-10-13-4-2-1-3-5-13/h1-9,12H,10-11H2,(H2,21,25)(H,22,23,24). The number of anilines is 1. The number of nitrogen functional groups attached to an aromatic ring is 1. The summed E-state index contributed by atoms with van der Waals surface area (Å²) < 4.78 is 14.9. The lowest BCUT2D eigenvalue weighted by atomic mass is 10.1. The third-order valence-corrected chi connectivity index (χ3v) is 4.11. The van der Waals surface area contributed by atoms with Crippen LogP contribution in [0.5, 0.6) is 0 Å². The Balaban J connectivity index is 1.53. The molecule has 0 aliphatic carbocycles. The Hall–Kier alpha value is -3.48.